The zero-order valence-corrected chi connectivity index (χ0v) is 17.4. The third kappa shape index (κ3) is 4.37. The molecule has 0 aliphatic carbocycles. The van der Waals surface area contributed by atoms with E-state index in [2.05, 4.69) is 0 Å². The van der Waals surface area contributed by atoms with E-state index >= 15 is 8.78 Å². The number of carbonyl (C=O) groups excluding carboxylic acids is 1. The molecule has 0 spiro atoms. The number of aryl methyl sites for hydroxylation is 1. The van der Waals surface area contributed by atoms with E-state index in [-0.39, 0.29) is 12.2 Å². The Morgan fingerprint density at radius 3 is 2.28 bits per heavy atom. The van der Waals surface area contributed by atoms with Crippen LogP contribution in [0.15, 0.2) is 78.9 Å². The van der Waals surface area contributed by atoms with Crippen LogP contribution in [-0.2, 0) is 11.2 Å². The van der Waals surface area contributed by atoms with E-state index in [1.165, 1.54) is 36.3 Å². The van der Waals surface area contributed by atoms with Crippen LogP contribution in [0.1, 0.15) is 23.6 Å². The fraction of sp³-hybridized carbons (Fsp3) is 0.240. The lowest BCUT2D eigenvalue weighted by Crippen LogP contribution is -2.40. The number of phenolic OH excluding ortho intramolecular Hbond substituents is 1. The van der Waals surface area contributed by atoms with E-state index in [9.17, 15) is 9.90 Å². The van der Waals surface area contributed by atoms with Crippen molar-refractivity contribution in [3.05, 3.63) is 90.0 Å². The number of methoxy groups -OCH3 is 1. The molecule has 1 aliphatic rings. The van der Waals surface area contributed by atoms with Crippen molar-refractivity contribution in [2.75, 3.05) is 12.0 Å². The highest BCUT2D eigenvalue weighted by molar-refractivity contribution is 5.91. The number of aromatic hydroxyl groups is 1. The Balaban J connectivity index is 1.68. The van der Waals surface area contributed by atoms with Crippen molar-refractivity contribution in [2.24, 2.45) is 0 Å². The quantitative estimate of drug-likeness (QED) is 0.510. The molecule has 3 aromatic carbocycles. The molecule has 1 fully saturated rings. The number of carbonyl (C=O) groups is 1. The molecule has 0 bridgehead atoms. The Morgan fingerprint density at radius 1 is 1.00 bits per heavy atom. The monoisotopic (exact) mass is 439 g/mol. The van der Waals surface area contributed by atoms with Crippen LogP contribution in [0.4, 0.5) is 19.3 Å². The summed E-state index contributed by atoms with van der Waals surface area (Å²) < 4.78 is 41.3. The maximum absolute atomic E-state index is 15.4. The lowest BCUT2D eigenvalue weighted by atomic mass is 9.92. The molecule has 4 rings (SSSR count). The van der Waals surface area contributed by atoms with Crippen LogP contribution < -0.4 is 9.64 Å². The normalized spacial score (nSPS) is 18.5. The van der Waals surface area contributed by atoms with Gasteiger partial charge in [-0.3, -0.25) is 4.90 Å². The minimum atomic E-state index is -3.28. The van der Waals surface area contributed by atoms with E-state index in [0.717, 1.165) is 5.56 Å². The van der Waals surface area contributed by atoms with Crippen molar-refractivity contribution < 1.29 is 28.2 Å². The summed E-state index contributed by atoms with van der Waals surface area (Å²) in [5.41, 5.74) is 1.63. The largest absolute Gasteiger partial charge is 0.508 e. The van der Waals surface area contributed by atoms with Gasteiger partial charge >= 0.3 is 6.09 Å². The molecule has 1 amide bonds. The number of anilines is 1. The average molecular weight is 439 g/mol. The predicted molar refractivity (Wildman–Crippen MR) is 116 cm³/mol. The van der Waals surface area contributed by atoms with E-state index < -0.39 is 30.6 Å². The Hall–Kier alpha value is -3.61. The first kappa shape index (κ1) is 21.6. The van der Waals surface area contributed by atoms with Crippen LogP contribution in [0.3, 0.4) is 0 Å². The second kappa shape index (κ2) is 8.86. The van der Waals surface area contributed by atoms with Crippen molar-refractivity contribution in [1.29, 1.82) is 0 Å². The fourth-order valence-corrected chi connectivity index (χ4v) is 3.90. The number of ether oxygens (including phenoxy) is 2. The number of nitrogens with zero attached hydrogens (tertiary/aromatic N) is 1. The van der Waals surface area contributed by atoms with Gasteiger partial charge in [0.1, 0.15) is 17.5 Å². The Morgan fingerprint density at radius 2 is 1.66 bits per heavy atom. The Kier molecular flexibility index (Phi) is 5.99. The molecule has 7 heteroatoms. The Labute approximate surface area is 184 Å². The molecular weight excluding hydrogens is 416 g/mol. The van der Waals surface area contributed by atoms with E-state index in [1.807, 2.05) is 6.07 Å². The molecule has 5 nitrogen and oxygen atoms in total. The molecule has 1 aliphatic heterocycles. The van der Waals surface area contributed by atoms with Gasteiger partial charge in [-0.1, -0.05) is 42.5 Å². The van der Waals surface area contributed by atoms with Gasteiger partial charge in [-0.05, 0) is 53.9 Å². The third-order valence-corrected chi connectivity index (χ3v) is 5.58. The van der Waals surface area contributed by atoms with E-state index in [1.54, 1.807) is 48.5 Å². The molecule has 1 N–H and O–H groups in total. The number of alkyl halides is 2. The van der Waals surface area contributed by atoms with Gasteiger partial charge in [0.05, 0.1) is 7.11 Å². The van der Waals surface area contributed by atoms with Gasteiger partial charge < -0.3 is 14.6 Å². The minimum absolute atomic E-state index is 0.00220. The second-order valence-electron chi connectivity index (χ2n) is 7.66. The van der Waals surface area contributed by atoms with Gasteiger partial charge in [0.2, 0.25) is 0 Å². The van der Waals surface area contributed by atoms with Gasteiger partial charge in [-0.25, -0.2) is 13.6 Å². The van der Waals surface area contributed by atoms with Crippen molar-refractivity contribution in [3.63, 3.8) is 0 Å². The SMILES string of the molecule is COc1ccc(N2C(=O)O[C@H](C(F)(F)CCc3ccccc3)[C@H]2c2ccc(O)cc2)cc1. The molecule has 1 heterocycles. The number of hydrogen-bond acceptors (Lipinski definition) is 4. The maximum Gasteiger partial charge on any atom is 0.415 e. The summed E-state index contributed by atoms with van der Waals surface area (Å²) in [4.78, 5) is 14.0. The molecule has 1 saturated heterocycles. The summed E-state index contributed by atoms with van der Waals surface area (Å²) in [5, 5.41) is 9.65. The smallest absolute Gasteiger partial charge is 0.415 e. The highest BCUT2D eigenvalue weighted by atomic mass is 19.3. The highest BCUT2D eigenvalue weighted by Crippen LogP contribution is 2.45. The van der Waals surface area contributed by atoms with Gasteiger partial charge in [0, 0.05) is 12.1 Å². The number of hydrogen-bond donors (Lipinski definition) is 1. The molecule has 0 aromatic heterocycles. The first-order valence-corrected chi connectivity index (χ1v) is 10.2. The van der Waals surface area contributed by atoms with Crippen molar-refractivity contribution in [3.8, 4) is 11.5 Å². The van der Waals surface area contributed by atoms with Crippen LogP contribution in [0.2, 0.25) is 0 Å². The number of cyclic esters (lactones) is 1. The van der Waals surface area contributed by atoms with Gasteiger partial charge in [0.25, 0.3) is 5.92 Å². The summed E-state index contributed by atoms with van der Waals surface area (Å²) in [6.45, 7) is 0. The molecule has 3 aromatic rings. The lowest BCUT2D eigenvalue weighted by Gasteiger charge is -2.29. The number of phenols is 1. The average Bonchev–Trinajstić information content (AvgIpc) is 3.17. The van der Waals surface area contributed by atoms with Crippen molar-refractivity contribution >= 4 is 11.8 Å². The second-order valence-corrected chi connectivity index (χ2v) is 7.66. The lowest BCUT2D eigenvalue weighted by molar-refractivity contribution is -0.108. The number of benzene rings is 3. The molecule has 166 valence electrons. The van der Waals surface area contributed by atoms with Gasteiger partial charge in [-0.2, -0.15) is 0 Å². The third-order valence-electron chi connectivity index (χ3n) is 5.58. The van der Waals surface area contributed by atoms with E-state index in [4.69, 9.17) is 9.47 Å². The summed E-state index contributed by atoms with van der Waals surface area (Å²) in [7, 11) is 1.52. The van der Waals surface area contributed by atoms with Crippen LogP contribution in [0, 0.1) is 0 Å². The number of rotatable bonds is 7. The summed E-state index contributed by atoms with van der Waals surface area (Å²) in [6.07, 6.45) is -2.87. The van der Waals surface area contributed by atoms with Crippen LogP contribution in [-0.4, -0.2) is 30.3 Å². The molecule has 32 heavy (non-hydrogen) atoms. The molecule has 2 atom stereocenters. The first-order chi connectivity index (χ1) is 15.4. The summed E-state index contributed by atoms with van der Waals surface area (Å²) >= 11 is 0. The minimum Gasteiger partial charge on any atom is -0.508 e. The summed E-state index contributed by atoms with van der Waals surface area (Å²) in [6, 6.07) is 20.3. The predicted octanol–water partition coefficient (Wildman–Crippen LogP) is 5.74. The summed E-state index contributed by atoms with van der Waals surface area (Å²) in [5.74, 6) is -2.70. The van der Waals surface area contributed by atoms with Crippen molar-refractivity contribution in [2.45, 2.75) is 30.9 Å². The van der Waals surface area contributed by atoms with Crippen LogP contribution in [0.25, 0.3) is 0 Å². The first-order valence-electron chi connectivity index (χ1n) is 10.2. The zero-order valence-electron chi connectivity index (χ0n) is 17.4. The Bertz CT molecular complexity index is 1060. The number of amides is 1. The molecule has 0 radical (unpaired) electrons. The maximum atomic E-state index is 15.4. The zero-order chi connectivity index (χ0) is 22.7. The molecular formula is C25H23F2NO4. The standard InChI is InChI=1S/C25H23F2NO4/c1-31-21-13-9-19(10-14-21)28-22(18-7-11-20(29)12-8-18)23(32-24(28)30)25(26,27)16-15-17-5-3-2-4-6-17/h2-14,22-23,29H,15-16H2,1H3/t22-,23+/m1/s1. The topological polar surface area (TPSA) is 59.0 Å². The van der Waals surface area contributed by atoms with Crippen LogP contribution >= 0.6 is 0 Å². The van der Waals surface area contributed by atoms with Gasteiger partial charge in [0.15, 0.2) is 6.10 Å². The highest BCUT2D eigenvalue weighted by Gasteiger charge is 2.55. The fourth-order valence-electron chi connectivity index (χ4n) is 3.90. The molecule has 0 unspecified atom stereocenters. The van der Waals surface area contributed by atoms with E-state index in [0.29, 0.717) is 17.0 Å². The van der Waals surface area contributed by atoms with Crippen molar-refractivity contribution in [1.82, 2.24) is 0 Å². The number of halogens is 2. The molecule has 0 saturated carbocycles. The van der Waals surface area contributed by atoms with Crippen LogP contribution in [0.5, 0.6) is 11.5 Å². The van der Waals surface area contributed by atoms with Gasteiger partial charge in [-0.15, -0.1) is 0 Å².